The van der Waals surface area contributed by atoms with E-state index < -0.39 is 105 Å². The molecule has 4 aliphatic rings. The molecule has 1 radical (unpaired) electrons. The third-order valence-corrected chi connectivity index (χ3v) is 13.6. The van der Waals surface area contributed by atoms with E-state index in [1.54, 1.807) is 0 Å². The summed E-state index contributed by atoms with van der Waals surface area (Å²) < 4.78 is 0.884. The minimum absolute atomic E-state index is 0. The molecule has 83 heavy (non-hydrogen) atoms. The Morgan fingerprint density at radius 3 is 1.55 bits per heavy atom. The minimum atomic E-state index is -1.29. The Hall–Kier alpha value is -8.03. The Balaban J connectivity index is 0.0000126. The van der Waals surface area contributed by atoms with Gasteiger partial charge >= 0.3 is 5.97 Å². The van der Waals surface area contributed by atoms with Gasteiger partial charge in [-0.2, -0.15) is 9.46 Å². The van der Waals surface area contributed by atoms with Gasteiger partial charge in [0.05, 0.1) is 0 Å². The largest absolute Gasteiger partial charge is 0.427 e. The molecule has 4 bridgehead atoms. The summed E-state index contributed by atoms with van der Waals surface area (Å²) in [5.41, 5.74) is -5.29. The molecule has 0 saturated carbocycles. The minimum Gasteiger partial charge on any atom is -0.427 e. The molecule has 1 atom stereocenters. The summed E-state index contributed by atoms with van der Waals surface area (Å²) in [6, 6.07) is 11.4. The van der Waals surface area contributed by atoms with Crippen LogP contribution < -0.4 is 37.7 Å². The first-order valence-electron chi connectivity index (χ1n) is 26.0. The number of amides is 9. The molecule has 4 aromatic heterocycles. The maximum Gasteiger partial charge on any atom is 0.333 e. The zero-order valence-electron chi connectivity index (χ0n) is 44.3. The zero-order valence-corrected chi connectivity index (χ0v) is 47.6. The van der Waals surface area contributed by atoms with Crippen LogP contribution in [-0.2, 0) is 24.0 Å². The first-order chi connectivity index (χ1) is 39.2. The molecule has 0 spiro atoms. The van der Waals surface area contributed by atoms with Gasteiger partial charge in [0, 0.05) is 121 Å². The Bertz CT molecular complexity index is 3370. The molecule has 453 valence electrons. The van der Waals surface area contributed by atoms with Crippen LogP contribution in [0.2, 0.25) is 0 Å². The number of hydrogen-bond donors (Lipinski definition) is 9. The molecule has 4 aliphatic heterocycles. The number of fused-ring (bicyclic) bond motifs is 2. The standard InChI is InChI=1S/C51H60N12O17S2.Lu/c64-38(13-7-16-43(67)80-63-39(65)21-22-40(63)66)52-23-2-1-10-31-30-55-46(70)34-19-17-32(48(72)61(34)78)44(68)53-24-8-28-57(50(74)36-11-5-14-41(81)59(36)76)26-3-4-27-58(51(75)37-12-6-15-42(82)60(37)77)29-9-25-54-45(69)33-18-20-35(47(71)56-31)62(79)49(33)73;/h5-6,11-12,14-15,17-20,31,76-79H,1-4,7-10,13,16,21-30H2,(H,52,64)(H,53,68)(H,54,69)(H,55,70)(H,56,71);/t31-;/m0./s1. The van der Waals surface area contributed by atoms with Gasteiger partial charge in [-0.3, -0.25) is 52.7 Å². The molecular formula is C51H60LuN12O17S2. The predicted molar refractivity (Wildman–Crippen MR) is 287 cm³/mol. The number of aromatic nitrogens is 4. The Kier molecular flexibility index (Phi) is 24.9. The van der Waals surface area contributed by atoms with Crippen molar-refractivity contribution in [1.82, 2.24) is 60.4 Å². The van der Waals surface area contributed by atoms with E-state index in [0.29, 0.717) is 20.9 Å². The summed E-state index contributed by atoms with van der Waals surface area (Å²) in [6.07, 6.45) is 0.896. The zero-order chi connectivity index (χ0) is 59.6. The SMILES string of the molecule is O=C(CCCC(=O)ON1C(=O)CCC1=O)NCCCC[C@H]1CNC(=O)c2ccc(c(=O)n2O)C(=O)NCCCN(C(=O)c2cccc(=S)n2O)CCCCN(C(=O)c2cccc(=S)n2O)CCCNC(=O)c2ccc(n(O)c2=O)C(=O)N1.[Lu]. The smallest absolute Gasteiger partial charge is 0.333 e. The van der Waals surface area contributed by atoms with E-state index in [1.165, 1.54) is 46.2 Å². The van der Waals surface area contributed by atoms with Crippen molar-refractivity contribution in [2.75, 3.05) is 52.4 Å². The van der Waals surface area contributed by atoms with Crippen molar-refractivity contribution in [3.63, 3.8) is 0 Å². The van der Waals surface area contributed by atoms with Gasteiger partial charge in [-0.1, -0.05) is 36.6 Å². The van der Waals surface area contributed by atoms with E-state index in [-0.39, 0.29) is 183 Å². The summed E-state index contributed by atoms with van der Waals surface area (Å²) >= 11 is 10.3. The van der Waals surface area contributed by atoms with Crippen LogP contribution in [0, 0.1) is 46.2 Å². The van der Waals surface area contributed by atoms with Crippen LogP contribution in [-0.4, -0.2) is 172 Å². The van der Waals surface area contributed by atoms with Gasteiger partial charge in [0.2, 0.25) is 5.91 Å². The number of carbonyl (C=O) groups excluding carboxylic acids is 10. The van der Waals surface area contributed by atoms with Crippen LogP contribution >= 0.6 is 24.4 Å². The average Bonchev–Trinajstić information content (AvgIpc) is 4.03. The van der Waals surface area contributed by atoms with Crippen molar-refractivity contribution in [3.05, 3.63) is 125 Å². The second kappa shape index (κ2) is 31.4. The predicted octanol–water partition coefficient (Wildman–Crippen LogP) is 0.932. The fourth-order valence-electron chi connectivity index (χ4n) is 8.55. The fraction of sp³-hybridized carbons (Fsp3) is 0.412. The Morgan fingerprint density at radius 1 is 0.566 bits per heavy atom. The molecule has 8 rings (SSSR count). The van der Waals surface area contributed by atoms with E-state index in [1.807, 2.05) is 0 Å². The van der Waals surface area contributed by atoms with Crippen LogP contribution in [0.3, 0.4) is 0 Å². The summed E-state index contributed by atoms with van der Waals surface area (Å²) in [4.78, 5) is 164. The summed E-state index contributed by atoms with van der Waals surface area (Å²) in [7, 11) is 0. The topological polar surface area (TPSA) is 385 Å². The average molecular weight is 1350 g/mol. The molecule has 9 amide bonds. The Labute approximate surface area is 511 Å². The molecule has 29 nitrogen and oxygen atoms in total. The van der Waals surface area contributed by atoms with E-state index >= 15 is 0 Å². The van der Waals surface area contributed by atoms with Crippen LogP contribution in [0.1, 0.15) is 140 Å². The molecular weight excluding hydrogens is 1290 g/mol. The molecule has 0 aliphatic carbocycles. The van der Waals surface area contributed by atoms with E-state index in [9.17, 15) is 78.4 Å². The quantitative estimate of drug-likeness (QED) is 0.0412. The van der Waals surface area contributed by atoms with Crippen LogP contribution in [0.5, 0.6) is 0 Å². The van der Waals surface area contributed by atoms with Gasteiger partial charge < -0.3 is 62.1 Å². The van der Waals surface area contributed by atoms with E-state index in [0.717, 1.165) is 24.3 Å². The van der Waals surface area contributed by atoms with Crippen molar-refractivity contribution in [2.24, 2.45) is 0 Å². The van der Waals surface area contributed by atoms with Crippen molar-refractivity contribution in [3.8, 4) is 0 Å². The normalized spacial score (nSPS) is 16.2. The van der Waals surface area contributed by atoms with E-state index in [4.69, 9.17) is 29.3 Å². The van der Waals surface area contributed by atoms with Crippen LogP contribution in [0.15, 0.2) is 70.3 Å². The Morgan fingerprint density at radius 2 is 1.05 bits per heavy atom. The third-order valence-electron chi connectivity index (χ3n) is 13.0. The second-order valence-corrected chi connectivity index (χ2v) is 19.6. The number of unbranched alkanes of at least 4 members (excludes halogenated alkanes) is 1. The van der Waals surface area contributed by atoms with Crippen LogP contribution in [0.4, 0.5) is 0 Å². The van der Waals surface area contributed by atoms with Gasteiger partial charge in [-0.05, 0) is 99.9 Å². The number of hydroxylamine groups is 2. The van der Waals surface area contributed by atoms with Gasteiger partial charge in [0.15, 0.2) is 0 Å². The molecule has 32 heteroatoms. The van der Waals surface area contributed by atoms with Crippen LogP contribution in [0.25, 0.3) is 0 Å². The molecule has 9 N–H and O–H groups in total. The van der Waals surface area contributed by atoms with Gasteiger partial charge in [-0.15, -0.1) is 14.5 Å². The molecule has 0 unspecified atom stereocenters. The molecule has 1 fully saturated rings. The maximum absolute atomic E-state index is 13.9. The van der Waals surface area contributed by atoms with Gasteiger partial charge in [0.1, 0.15) is 43.2 Å². The molecule has 4 aromatic rings. The van der Waals surface area contributed by atoms with Gasteiger partial charge in [-0.25, -0.2) is 4.79 Å². The number of pyridine rings is 4. The number of imide groups is 1. The summed E-state index contributed by atoms with van der Waals surface area (Å²) in [6.45, 7) is -0.431. The maximum atomic E-state index is 13.9. The number of hydrogen-bond acceptors (Lipinski definition) is 19. The van der Waals surface area contributed by atoms with Gasteiger partial charge in [0.25, 0.3) is 58.4 Å². The van der Waals surface area contributed by atoms with E-state index in [2.05, 4.69) is 26.6 Å². The monoisotopic (exact) mass is 1350 g/mol. The van der Waals surface area contributed by atoms with Crippen molar-refractivity contribution >= 4 is 83.6 Å². The van der Waals surface area contributed by atoms with Crippen molar-refractivity contribution in [2.45, 2.75) is 83.1 Å². The van der Waals surface area contributed by atoms with Crippen molar-refractivity contribution in [1.29, 1.82) is 0 Å². The summed E-state index contributed by atoms with van der Waals surface area (Å²) in [5.74, 6) is -7.83. The number of nitrogens with zero attached hydrogens (tertiary/aromatic N) is 7. The van der Waals surface area contributed by atoms with Crippen molar-refractivity contribution < 1.29 is 110 Å². The molecule has 8 heterocycles. The summed E-state index contributed by atoms with van der Waals surface area (Å²) in [5, 5.41) is 56.3. The first-order valence-corrected chi connectivity index (χ1v) is 26.8. The fourth-order valence-corrected chi connectivity index (χ4v) is 8.90. The first kappa shape index (κ1) is 65.8. The molecule has 0 aromatic carbocycles. The number of rotatable bonds is 12. The third kappa shape index (κ3) is 17.7. The second-order valence-electron chi connectivity index (χ2n) is 18.8. The number of nitrogens with one attached hydrogen (secondary N) is 5. The number of carbonyl (C=O) groups is 10. The molecule has 1 saturated heterocycles.